The molecule has 1 unspecified atom stereocenters. The minimum absolute atomic E-state index is 0.0590. The van der Waals surface area contributed by atoms with Gasteiger partial charge in [0, 0.05) is 0 Å². The van der Waals surface area contributed by atoms with E-state index in [-0.39, 0.29) is 17.6 Å². The summed E-state index contributed by atoms with van der Waals surface area (Å²) in [6, 6.07) is 11.3. The zero-order chi connectivity index (χ0) is 14.8. The fraction of sp³-hybridized carbons (Fsp3) is 0.294. The molecule has 0 aliphatic carbocycles. The second-order valence-electron chi connectivity index (χ2n) is 5.14. The normalized spacial score (nSPS) is 14.8. The van der Waals surface area contributed by atoms with Gasteiger partial charge >= 0.3 is 0 Å². The second kappa shape index (κ2) is 5.84. The van der Waals surface area contributed by atoms with Crippen LogP contribution in [0.1, 0.15) is 28.3 Å². The average Bonchev–Trinajstić information content (AvgIpc) is 2.96. The molecule has 0 spiro atoms. The molecule has 110 valence electrons. The van der Waals surface area contributed by atoms with Crippen molar-refractivity contribution in [3.8, 4) is 5.75 Å². The quantitative estimate of drug-likeness (QED) is 0.937. The SMILES string of the molecule is CNC(c1ccc(OC)c(F)c1)c1ccc2c(c1)COC2. The molecule has 0 aromatic heterocycles. The Balaban J connectivity index is 1.96. The van der Waals surface area contributed by atoms with E-state index in [1.165, 1.54) is 24.3 Å². The third-order valence-electron chi connectivity index (χ3n) is 3.88. The molecule has 1 aliphatic heterocycles. The van der Waals surface area contributed by atoms with Gasteiger partial charge in [-0.15, -0.1) is 0 Å². The van der Waals surface area contributed by atoms with Crippen molar-refractivity contribution in [3.63, 3.8) is 0 Å². The van der Waals surface area contributed by atoms with Gasteiger partial charge in [0.05, 0.1) is 26.4 Å². The van der Waals surface area contributed by atoms with Gasteiger partial charge in [0.15, 0.2) is 11.6 Å². The first-order valence-electron chi connectivity index (χ1n) is 6.93. The van der Waals surface area contributed by atoms with Crippen molar-refractivity contribution < 1.29 is 13.9 Å². The molecule has 0 saturated heterocycles. The van der Waals surface area contributed by atoms with Crippen molar-refractivity contribution in [2.45, 2.75) is 19.3 Å². The van der Waals surface area contributed by atoms with Gasteiger partial charge in [0.1, 0.15) is 0 Å². The summed E-state index contributed by atoms with van der Waals surface area (Å²) in [5.41, 5.74) is 4.41. The average molecular weight is 287 g/mol. The molecule has 2 aromatic rings. The van der Waals surface area contributed by atoms with Gasteiger partial charge in [-0.3, -0.25) is 0 Å². The van der Waals surface area contributed by atoms with E-state index in [1.807, 2.05) is 13.1 Å². The molecule has 3 nitrogen and oxygen atoms in total. The molecule has 2 aromatic carbocycles. The van der Waals surface area contributed by atoms with Crippen LogP contribution >= 0.6 is 0 Å². The molecular formula is C17H18FNO2. The van der Waals surface area contributed by atoms with Crippen molar-refractivity contribution in [1.82, 2.24) is 5.32 Å². The third-order valence-corrected chi connectivity index (χ3v) is 3.88. The van der Waals surface area contributed by atoms with E-state index in [0.29, 0.717) is 13.2 Å². The predicted molar refractivity (Wildman–Crippen MR) is 78.8 cm³/mol. The molecule has 1 atom stereocenters. The number of nitrogens with one attached hydrogen (secondary N) is 1. The van der Waals surface area contributed by atoms with Crippen LogP contribution in [0.4, 0.5) is 4.39 Å². The van der Waals surface area contributed by atoms with Gasteiger partial charge < -0.3 is 14.8 Å². The smallest absolute Gasteiger partial charge is 0.165 e. The summed E-state index contributed by atoms with van der Waals surface area (Å²) in [6.45, 7) is 1.33. The van der Waals surface area contributed by atoms with E-state index >= 15 is 0 Å². The van der Waals surface area contributed by atoms with E-state index in [1.54, 1.807) is 6.07 Å². The van der Waals surface area contributed by atoms with E-state index < -0.39 is 0 Å². The van der Waals surface area contributed by atoms with Crippen LogP contribution in [0.25, 0.3) is 0 Å². The molecule has 0 saturated carbocycles. The highest BCUT2D eigenvalue weighted by atomic mass is 19.1. The Kier molecular flexibility index (Phi) is 3.90. The highest BCUT2D eigenvalue weighted by Gasteiger charge is 2.18. The van der Waals surface area contributed by atoms with Crippen LogP contribution in [-0.4, -0.2) is 14.2 Å². The minimum Gasteiger partial charge on any atom is -0.494 e. The Morgan fingerprint density at radius 3 is 2.52 bits per heavy atom. The lowest BCUT2D eigenvalue weighted by Gasteiger charge is -2.18. The van der Waals surface area contributed by atoms with Crippen LogP contribution in [0.15, 0.2) is 36.4 Å². The molecule has 3 rings (SSSR count). The summed E-state index contributed by atoms with van der Waals surface area (Å²) >= 11 is 0. The molecular weight excluding hydrogens is 269 g/mol. The summed E-state index contributed by atoms with van der Waals surface area (Å²) in [5.74, 6) is -0.0873. The number of ether oxygens (including phenoxy) is 2. The van der Waals surface area contributed by atoms with Crippen LogP contribution in [0.2, 0.25) is 0 Å². The maximum Gasteiger partial charge on any atom is 0.165 e. The van der Waals surface area contributed by atoms with E-state index in [2.05, 4.69) is 23.5 Å². The van der Waals surface area contributed by atoms with Crippen LogP contribution in [0.3, 0.4) is 0 Å². The molecule has 0 amide bonds. The molecule has 1 aliphatic rings. The van der Waals surface area contributed by atoms with Gasteiger partial charge in [-0.05, 0) is 41.4 Å². The standard InChI is InChI=1S/C17H18FNO2/c1-19-17(12-5-6-16(20-2)15(18)8-12)11-3-4-13-9-21-10-14(13)7-11/h3-8,17,19H,9-10H2,1-2H3. The second-order valence-corrected chi connectivity index (χ2v) is 5.14. The lowest BCUT2D eigenvalue weighted by molar-refractivity contribution is 0.134. The summed E-state index contributed by atoms with van der Waals surface area (Å²) in [5, 5.41) is 3.24. The Bertz CT molecular complexity index is 657. The zero-order valence-corrected chi connectivity index (χ0v) is 12.2. The molecule has 0 fully saturated rings. The molecule has 1 N–H and O–H groups in total. The zero-order valence-electron chi connectivity index (χ0n) is 12.2. The van der Waals surface area contributed by atoms with Crippen molar-refractivity contribution >= 4 is 0 Å². The molecule has 21 heavy (non-hydrogen) atoms. The number of fused-ring (bicyclic) bond motifs is 1. The fourth-order valence-corrected chi connectivity index (χ4v) is 2.76. The largest absolute Gasteiger partial charge is 0.494 e. The van der Waals surface area contributed by atoms with Crippen molar-refractivity contribution in [1.29, 1.82) is 0 Å². The van der Waals surface area contributed by atoms with Crippen LogP contribution in [-0.2, 0) is 18.0 Å². The Labute approximate surface area is 123 Å². The Morgan fingerprint density at radius 2 is 1.81 bits per heavy atom. The van der Waals surface area contributed by atoms with E-state index in [0.717, 1.165) is 11.1 Å². The first kappa shape index (κ1) is 14.0. The maximum absolute atomic E-state index is 13.9. The van der Waals surface area contributed by atoms with Gasteiger partial charge in [0.2, 0.25) is 0 Å². The highest BCUT2D eigenvalue weighted by molar-refractivity contribution is 5.40. The summed E-state index contributed by atoms with van der Waals surface area (Å²) in [4.78, 5) is 0. The van der Waals surface area contributed by atoms with Crippen molar-refractivity contribution in [2.75, 3.05) is 14.2 Å². The number of rotatable bonds is 4. The molecule has 0 bridgehead atoms. The van der Waals surface area contributed by atoms with E-state index in [4.69, 9.17) is 9.47 Å². The maximum atomic E-state index is 13.9. The summed E-state index contributed by atoms with van der Waals surface area (Å²) in [6.07, 6.45) is 0. The lowest BCUT2D eigenvalue weighted by atomic mass is 9.95. The number of hydrogen-bond acceptors (Lipinski definition) is 3. The Hall–Kier alpha value is -1.91. The number of hydrogen-bond donors (Lipinski definition) is 1. The predicted octanol–water partition coefficient (Wildman–Crippen LogP) is 3.17. The van der Waals surface area contributed by atoms with E-state index in [9.17, 15) is 4.39 Å². The first-order valence-corrected chi connectivity index (χ1v) is 6.93. The number of benzene rings is 2. The van der Waals surface area contributed by atoms with Crippen molar-refractivity contribution in [2.24, 2.45) is 0 Å². The highest BCUT2D eigenvalue weighted by Crippen LogP contribution is 2.29. The fourth-order valence-electron chi connectivity index (χ4n) is 2.76. The monoisotopic (exact) mass is 287 g/mol. The topological polar surface area (TPSA) is 30.5 Å². The Morgan fingerprint density at radius 1 is 1.10 bits per heavy atom. The third kappa shape index (κ3) is 2.64. The van der Waals surface area contributed by atoms with Crippen LogP contribution in [0.5, 0.6) is 5.75 Å². The van der Waals surface area contributed by atoms with Crippen LogP contribution < -0.4 is 10.1 Å². The van der Waals surface area contributed by atoms with Gasteiger partial charge in [-0.25, -0.2) is 4.39 Å². The first-order chi connectivity index (χ1) is 10.2. The summed E-state index contributed by atoms with van der Waals surface area (Å²) < 4.78 is 24.3. The van der Waals surface area contributed by atoms with Crippen LogP contribution in [0, 0.1) is 5.82 Å². The summed E-state index contributed by atoms with van der Waals surface area (Å²) in [7, 11) is 3.34. The molecule has 0 radical (unpaired) electrons. The van der Waals surface area contributed by atoms with Gasteiger partial charge in [-0.2, -0.15) is 0 Å². The van der Waals surface area contributed by atoms with Gasteiger partial charge in [-0.1, -0.05) is 24.3 Å². The van der Waals surface area contributed by atoms with Gasteiger partial charge in [0.25, 0.3) is 0 Å². The minimum atomic E-state index is -0.347. The lowest BCUT2D eigenvalue weighted by Crippen LogP contribution is -2.18. The molecule has 1 heterocycles. The van der Waals surface area contributed by atoms with Crippen molar-refractivity contribution in [3.05, 3.63) is 64.5 Å². The molecule has 4 heteroatoms. The number of methoxy groups -OCH3 is 1. The number of halogens is 1.